The zero-order chi connectivity index (χ0) is 32.0. The van der Waals surface area contributed by atoms with E-state index in [2.05, 4.69) is 29.9 Å². The van der Waals surface area contributed by atoms with E-state index in [1.165, 1.54) is 9.13 Å². The predicted octanol–water partition coefficient (Wildman–Crippen LogP) is -14.3. The van der Waals surface area contributed by atoms with Crippen LogP contribution in [0.5, 0.6) is 0 Å². The van der Waals surface area contributed by atoms with Crippen LogP contribution in [-0.2, 0) is 19.1 Å². The van der Waals surface area contributed by atoms with E-state index in [4.69, 9.17) is 9.47 Å². The Morgan fingerprint density at radius 1 is 0.696 bits per heavy atom. The molecule has 10 atom stereocenters. The number of aliphatic carboxylic acids is 2. The first-order valence-electron chi connectivity index (χ1n) is 12.4. The monoisotopic (exact) mass is 668 g/mol. The number of rotatable bonds is 6. The van der Waals surface area contributed by atoms with Gasteiger partial charge in [-0.3, -0.25) is 18.7 Å². The molecule has 2 saturated heterocycles. The third kappa shape index (κ3) is 6.81. The number of carbonyl (C=O) groups is 2. The van der Waals surface area contributed by atoms with Crippen molar-refractivity contribution in [2.75, 3.05) is 0 Å². The van der Waals surface area contributed by atoms with Gasteiger partial charge >= 0.3 is 59.1 Å². The minimum Gasteiger partial charge on any atom is -0.547 e. The van der Waals surface area contributed by atoms with E-state index in [1.54, 1.807) is 0 Å². The average Bonchev–Trinajstić information content (AvgIpc) is 3.75. The molecule has 46 heavy (non-hydrogen) atoms. The number of carbonyl (C=O) groups excluding carboxylic acids is 2. The minimum atomic E-state index is -2.12. The van der Waals surface area contributed by atoms with Crippen molar-refractivity contribution in [3.63, 3.8) is 0 Å². The fourth-order valence-electron chi connectivity index (χ4n) is 4.72. The van der Waals surface area contributed by atoms with Crippen molar-refractivity contribution in [2.45, 2.75) is 61.3 Å². The average molecular weight is 668 g/mol. The number of aliphatic hydroxyl groups excluding tert-OH is 6. The van der Waals surface area contributed by atoms with Crippen LogP contribution < -0.4 is 80.4 Å². The summed E-state index contributed by atoms with van der Waals surface area (Å²) in [6.07, 6.45) is -11.9. The summed E-state index contributed by atoms with van der Waals surface area (Å²) in [6.45, 7) is 0. The smallest absolute Gasteiger partial charge is 0.547 e. The molecule has 0 aliphatic carbocycles. The Bertz CT molecular complexity index is 1680. The second-order valence-corrected chi connectivity index (χ2v) is 9.58. The van der Waals surface area contributed by atoms with E-state index in [-0.39, 0.29) is 81.4 Å². The SMILES string of the molecule is O=C([O-])C(O)C1OC(n2cnc3c(=O)[nH]cnc32)C(O)C1O.O=C([O-])C(O)C1OC(n2cnc3c(=O)[nH]cnc32)C(O)C1O.[Na+].[Na+]. The Morgan fingerprint density at radius 3 is 1.37 bits per heavy atom. The van der Waals surface area contributed by atoms with Crippen LogP contribution in [-0.4, -0.2) is 130 Å². The van der Waals surface area contributed by atoms with Gasteiger partial charge in [-0.15, -0.1) is 0 Å². The zero-order valence-corrected chi connectivity index (χ0v) is 27.7. The number of nitrogens with one attached hydrogen (secondary N) is 2. The van der Waals surface area contributed by atoms with Gasteiger partial charge in [0.1, 0.15) is 48.8 Å². The number of carboxylic acid groups (broad SMARTS) is 2. The van der Waals surface area contributed by atoms with Gasteiger partial charge in [0, 0.05) is 0 Å². The van der Waals surface area contributed by atoms with Crippen molar-refractivity contribution in [3.05, 3.63) is 46.0 Å². The Morgan fingerprint density at radius 2 is 1.04 bits per heavy atom. The van der Waals surface area contributed by atoms with Crippen LogP contribution in [0.15, 0.2) is 34.9 Å². The van der Waals surface area contributed by atoms with Crippen LogP contribution >= 0.6 is 0 Å². The molecule has 24 heteroatoms. The van der Waals surface area contributed by atoms with Crippen molar-refractivity contribution >= 4 is 34.3 Å². The molecule has 2 fully saturated rings. The molecule has 0 bridgehead atoms. The van der Waals surface area contributed by atoms with Gasteiger partial charge in [-0.1, -0.05) is 0 Å². The maximum Gasteiger partial charge on any atom is 1.00 e. The normalized spacial score (nSPS) is 28.5. The molecule has 0 radical (unpaired) electrons. The topological polar surface area (TPSA) is 347 Å². The number of nitrogens with zero attached hydrogens (tertiary/aromatic N) is 6. The number of carboxylic acids is 2. The first kappa shape index (κ1) is 37.8. The van der Waals surface area contributed by atoms with Gasteiger partial charge in [-0.05, 0) is 0 Å². The number of imidazole rings is 2. The van der Waals surface area contributed by atoms with Crippen molar-refractivity contribution in [1.29, 1.82) is 0 Å². The first-order chi connectivity index (χ1) is 20.8. The molecule has 4 aromatic rings. The molecule has 6 rings (SSSR count). The fourth-order valence-corrected chi connectivity index (χ4v) is 4.72. The van der Waals surface area contributed by atoms with Gasteiger partial charge in [0.05, 0.1) is 37.2 Å². The third-order valence-electron chi connectivity index (χ3n) is 6.93. The van der Waals surface area contributed by atoms with Crippen LogP contribution in [0, 0.1) is 0 Å². The molecular weight excluding hydrogens is 646 g/mol. The second-order valence-electron chi connectivity index (χ2n) is 9.58. The molecule has 0 aromatic carbocycles. The quantitative estimate of drug-likeness (QED) is 0.0884. The van der Waals surface area contributed by atoms with E-state index >= 15 is 0 Å². The number of hydrogen-bond acceptors (Lipinski definition) is 18. The molecule has 2 aliphatic rings. The van der Waals surface area contributed by atoms with E-state index in [1.807, 2.05) is 0 Å². The summed E-state index contributed by atoms with van der Waals surface area (Å²) in [5, 5.41) is 79.9. The summed E-state index contributed by atoms with van der Waals surface area (Å²) in [5.74, 6) is -3.69. The fraction of sp³-hybridized carbons (Fsp3) is 0.455. The van der Waals surface area contributed by atoms with Crippen LogP contribution in [0.2, 0.25) is 0 Å². The molecule has 0 amide bonds. The standard InChI is InChI=1S/2C11H12N4O7.2Na/c2*16-4-5(17)10(22-7(4)6(18)11(20)21)15-2-14-3-8(15)12-1-13-9(3)19;;/h2*1-2,4-7,10,16-18H,(H,20,21)(H,12,13,19);;/q;;2*+1/p-2. The van der Waals surface area contributed by atoms with Crippen LogP contribution in [0.1, 0.15) is 12.5 Å². The molecule has 0 spiro atoms. The molecule has 22 nitrogen and oxygen atoms in total. The van der Waals surface area contributed by atoms with E-state index in [0.29, 0.717) is 0 Å². The van der Waals surface area contributed by atoms with Crippen molar-refractivity contribution in [1.82, 2.24) is 39.0 Å². The number of ether oxygens (including phenoxy) is 2. The molecule has 6 heterocycles. The Hall–Kier alpha value is -2.68. The zero-order valence-electron chi connectivity index (χ0n) is 23.7. The van der Waals surface area contributed by atoms with E-state index < -0.39 is 84.3 Å². The van der Waals surface area contributed by atoms with Gasteiger partial charge in [-0.2, -0.15) is 0 Å². The van der Waals surface area contributed by atoms with Gasteiger partial charge in [0.15, 0.2) is 34.8 Å². The Balaban J connectivity index is 0.000000240. The third-order valence-corrected chi connectivity index (χ3v) is 6.93. The predicted molar refractivity (Wildman–Crippen MR) is 130 cm³/mol. The molecule has 10 unspecified atom stereocenters. The second kappa shape index (κ2) is 15.0. The largest absolute Gasteiger partial charge is 1.00 e. The summed E-state index contributed by atoms with van der Waals surface area (Å²) in [7, 11) is 0. The molecule has 4 aromatic heterocycles. The maximum atomic E-state index is 11.6. The summed E-state index contributed by atoms with van der Waals surface area (Å²) in [4.78, 5) is 64.5. The van der Waals surface area contributed by atoms with Crippen molar-refractivity contribution in [2.24, 2.45) is 0 Å². The van der Waals surface area contributed by atoms with Crippen molar-refractivity contribution < 1.29 is 119 Å². The minimum absolute atomic E-state index is 0. The summed E-state index contributed by atoms with van der Waals surface area (Å²) in [6, 6.07) is 0. The number of H-pyrrole nitrogens is 2. The van der Waals surface area contributed by atoms with E-state index in [0.717, 1.165) is 25.3 Å². The molecule has 0 saturated carbocycles. The maximum absolute atomic E-state index is 11.6. The molecule has 2 aliphatic heterocycles. The van der Waals surface area contributed by atoms with Gasteiger partial charge in [0.2, 0.25) is 0 Å². The molecule has 236 valence electrons. The van der Waals surface area contributed by atoms with Crippen LogP contribution in [0.3, 0.4) is 0 Å². The number of aliphatic hydroxyl groups is 6. The van der Waals surface area contributed by atoms with Crippen LogP contribution in [0.25, 0.3) is 22.3 Å². The molecular formula is C22H22N8Na2O14. The summed E-state index contributed by atoms with van der Waals surface area (Å²) in [5.41, 5.74) is -0.910. The van der Waals surface area contributed by atoms with Gasteiger partial charge in [0.25, 0.3) is 11.1 Å². The molecule has 8 N–H and O–H groups in total. The number of fused-ring (bicyclic) bond motifs is 2. The number of aromatic nitrogens is 8. The van der Waals surface area contributed by atoms with Crippen LogP contribution in [0.4, 0.5) is 0 Å². The van der Waals surface area contributed by atoms with E-state index in [9.17, 15) is 60.0 Å². The number of aromatic amines is 2. The Labute approximate surface area is 297 Å². The summed E-state index contributed by atoms with van der Waals surface area (Å²) < 4.78 is 12.7. The first-order valence-corrected chi connectivity index (χ1v) is 12.4. The van der Waals surface area contributed by atoms with Crippen molar-refractivity contribution in [3.8, 4) is 0 Å². The Kier molecular flexibility index (Phi) is 12.3. The van der Waals surface area contributed by atoms with Gasteiger partial charge in [-0.25, -0.2) is 19.9 Å². The number of hydrogen-bond donors (Lipinski definition) is 8. The summed E-state index contributed by atoms with van der Waals surface area (Å²) >= 11 is 0. The van der Waals surface area contributed by atoms with Gasteiger partial charge < -0.3 is 69.9 Å².